The first-order valence-corrected chi connectivity index (χ1v) is 9.83. The molecule has 4 nitrogen and oxygen atoms in total. The third-order valence-electron chi connectivity index (χ3n) is 3.42. The quantitative estimate of drug-likeness (QED) is 0.780. The van der Waals surface area contributed by atoms with Gasteiger partial charge in [-0.1, -0.05) is 17.7 Å². The lowest BCUT2D eigenvalue weighted by molar-refractivity contribution is -0.117. The Morgan fingerprint density at radius 3 is 3.00 bits per heavy atom. The van der Waals surface area contributed by atoms with Crippen molar-refractivity contribution < 1.29 is 4.79 Å². The number of nitrogens with two attached hydrogens (primary N) is 1. The van der Waals surface area contributed by atoms with Crippen molar-refractivity contribution in [2.75, 3.05) is 17.3 Å². The number of halogens is 1. The van der Waals surface area contributed by atoms with Crippen LogP contribution in [0.4, 0.5) is 5.13 Å². The summed E-state index contributed by atoms with van der Waals surface area (Å²) in [6, 6.07) is 5.37. The summed E-state index contributed by atoms with van der Waals surface area (Å²) in [5.41, 5.74) is 8.20. The molecule has 0 fully saturated rings. The zero-order valence-electron chi connectivity index (χ0n) is 13.1. The van der Waals surface area contributed by atoms with Crippen LogP contribution in [-0.2, 0) is 11.2 Å². The lowest BCUT2D eigenvalue weighted by atomic mass is 10.1. The van der Waals surface area contributed by atoms with Crippen molar-refractivity contribution >= 4 is 45.7 Å². The number of anilines is 1. The monoisotopic (exact) mass is 369 g/mol. The molecule has 1 atom stereocenters. The van der Waals surface area contributed by atoms with Crippen LogP contribution in [0.25, 0.3) is 0 Å². The predicted molar refractivity (Wildman–Crippen MR) is 101 cm³/mol. The molecule has 23 heavy (non-hydrogen) atoms. The minimum absolute atomic E-state index is 0.178. The first-order chi connectivity index (χ1) is 11.0. The number of nitrogens with one attached hydrogen (secondary N) is 1. The molecule has 2 rings (SSSR count). The van der Waals surface area contributed by atoms with E-state index in [1.807, 2.05) is 31.4 Å². The summed E-state index contributed by atoms with van der Waals surface area (Å²) in [7, 11) is 0. The highest BCUT2D eigenvalue weighted by atomic mass is 35.5. The number of rotatable bonds is 7. The molecule has 1 aromatic carbocycles. The lowest BCUT2D eigenvalue weighted by Gasteiger charge is -2.09. The van der Waals surface area contributed by atoms with Gasteiger partial charge in [0.05, 0.1) is 6.04 Å². The molecule has 1 heterocycles. The second kappa shape index (κ2) is 8.68. The van der Waals surface area contributed by atoms with Crippen LogP contribution in [0.3, 0.4) is 0 Å². The third kappa shape index (κ3) is 5.49. The molecule has 0 aliphatic carbocycles. The van der Waals surface area contributed by atoms with E-state index in [0.717, 1.165) is 27.6 Å². The van der Waals surface area contributed by atoms with Crippen LogP contribution in [0.1, 0.15) is 22.4 Å². The molecule has 0 spiro atoms. The van der Waals surface area contributed by atoms with Crippen LogP contribution in [0, 0.1) is 6.92 Å². The number of hydrogen-bond donors (Lipinski definition) is 2. The van der Waals surface area contributed by atoms with Crippen LogP contribution < -0.4 is 11.1 Å². The van der Waals surface area contributed by atoms with Gasteiger partial charge in [-0.25, -0.2) is 4.98 Å². The summed E-state index contributed by atoms with van der Waals surface area (Å²) in [4.78, 5) is 17.3. The highest BCUT2D eigenvalue weighted by Crippen LogP contribution is 2.24. The Kier molecular flexibility index (Phi) is 6.89. The molecule has 1 amide bonds. The summed E-state index contributed by atoms with van der Waals surface area (Å²) in [6.07, 6.45) is 5.22. The first-order valence-electron chi connectivity index (χ1n) is 7.24. The fraction of sp³-hybridized carbons (Fsp3) is 0.375. The number of thiazole rings is 1. The Morgan fingerprint density at radius 1 is 1.52 bits per heavy atom. The molecule has 0 saturated heterocycles. The molecule has 0 saturated carbocycles. The maximum atomic E-state index is 12.0. The van der Waals surface area contributed by atoms with Crippen LogP contribution in [0.2, 0.25) is 5.02 Å². The summed E-state index contributed by atoms with van der Waals surface area (Å²) < 4.78 is 0. The number of nitrogens with zero attached hydrogens (tertiary/aromatic N) is 1. The second-order valence-corrected chi connectivity index (χ2v) is 7.79. The van der Waals surface area contributed by atoms with E-state index in [4.69, 9.17) is 17.3 Å². The SMILES string of the molecule is CSCC[C@H](N)C(=O)Nc1ncc(Cc2ccc(Cl)cc2C)s1. The molecular formula is C16H20ClN3OS2. The van der Waals surface area contributed by atoms with Crippen molar-refractivity contribution in [3.8, 4) is 0 Å². The number of carbonyl (C=O) groups is 1. The maximum absolute atomic E-state index is 12.0. The number of aryl methyl sites for hydroxylation is 1. The molecule has 0 aliphatic rings. The van der Waals surface area contributed by atoms with Gasteiger partial charge in [0.1, 0.15) is 0 Å². The number of benzene rings is 1. The van der Waals surface area contributed by atoms with Gasteiger partial charge in [-0.3, -0.25) is 4.79 Å². The summed E-state index contributed by atoms with van der Waals surface area (Å²) in [5, 5.41) is 4.13. The summed E-state index contributed by atoms with van der Waals surface area (Å²) in [6.45, 7) is 2.04. The van der Waals surface area contributed by atoms with Gasteiger partial charge < -0.3 is 11.1 Å². The normalized spacial score (nSPS) is 12.2. The van der Waals surface area contributed by atoms with Crippen LogP contribution in [0.15, 0.2) is 24.4 Å². The average molecular weight is 370 g/mol. The van der Waals surface area contributed by atoms with Gasteiger partial charge in [-0.15, -0.1) is 11.3 Å². The van der Waals surface area contributed by atoms with Gasteiger partial charge in [-0.2, -0.15) is 11.8 Å². The number of aromatic nitrogens is 1. The average Bonchev–Trinajstić information content (AvgIpc) is 2.94. The highest BCUT2D eigenvalue weighted by Gasteiger charge is 2.15. The fourth-order valence-corrected chi connectivity index (χ4v) is 3.62. The molecule has 7 heteroatoms. The van der Waals surface area contributed by atoms with Crippen molar-refractivity contribution in [1.82, 2.24) is 4.98 Å². The number of hydrogen-bond acceptors (Lipinski definition) is 5. The third-order valence-corrected chi connectivity index (χ3v) is 5.21. The van der Waals surface area contributed by atoms with Gasteiger partial charge in [0.2, 0.25) is 5.91 Å². The first kappa shape index (κ1) is 18.3. The second-order valence-electron chi connectivity index (χ2n) is 5.26. The highest BCUT2D eigenvalue weighted by molar-refractivity contribution is 7.98. The van der Waals surface area contributed by atoms with E-state index in [1.54, 1.807) is 18.0 Å². The van der Waals surface area contributed by atoms with Crippen molar-refractivity contribution in [3.05, 3.63) is 45.4 Å². The molecule has 124 valence electrons. The molecule has 0 aliphatic heterocycles. The van der Waals surface area contributed by atoms with Crippen LogP contribution in [-0.4, -0.2) is 28.9 Å². The van der Waals surface area contributed by atoms with E-state index in [2.05, 4.69) is 10.3 Å². The fourth-order valence-electron chi connectivity index (χ4n) is 2.07. The van der Waals surface area contributed by atoms with Crippen molar-refractivity contribution in [2.45, 2.75) is 25.8 Å². The molecular weight excluding hydrogens is 350 g/mol. The standard InChI is InChI=1S/C16H20ClN3OS2/c1-10-7-12(17)4-3-11(10)8-13-9-19-16(23-13)20-15(21)14(18)5-6-22-2/h3-4,7,9,14H,5-6,8,18H2,1-2H3,(H,19,20,21)/t14-/m0/s1. The Balaban J connectivity index is 1.96. The van der Waals surface area contributed by atoms with Gasteiger partial charge in [0.25, 0.3) is 0 Å². The largest absolute Gasteiger partial charge is 0.320 e. The van der Waals surface area contributed by atoms with Crippen LogP contribution in [0.5, 0.6) is 0 Å². The van der Waals surface area contributed by atoms with E-state index < -0.39 is 6.04 Å². The smallest absolute Gasteiger partial charge is 0.243 e. The zero-order valence-corrected chi connectivity index (χ0v) is 15.5. The molecule has 0 radical (unpaired) electrons. The zero-order chi connectivity index (χ0) is 16.8. The summed E-state index contributed by atoms with van der Waals surface area (Å²) in [5.74, 6) is 0.690. The Morgan fingerprint density at radius 2 is 2.30 bits per heavy atom. The number of thioether (sulfide) groups is 1. The Bertz CT molecular complexity index is 675. The molecule has 0 unspecified atom stereocenters. The van der Waals surface area contributed by atoms with E-state index in [1.165, 1.54) is 16.9 Å². The summed E-state index contributed by atoms with van der Waals surface area (Å²) >= 11 is 9.13. The number of carbonyl (C=O) groups excluding carboxylic acids is 1. The van der Waals surface area contributed by atoms with Crippen LogP contribution >= 0.6 is 34.7 Å². The van der Waals surface area contributed by atoms with Gasteiger partial charge in [0, 0.05) is 22.5 Å². The Hall–Kier alpha value is -1.08. The van der Waals surface area contributed by atoms with E-state index >= 15 is 0 Å². The van der Waals surface area contributed by atoms with Crippen molar-refractivity contribution in [3.63, 3.8) is 0 Å². The molecule has 3 N–H and O–H groups in total. The lowest BCUT2D eigenvalue weighted by Crippen LogP contribution is -2.36. The van der Waals surface area contributed by atoms with Crippen molar-refractivity contribution in [1.29, 1.82) is 0 Å². The van der Waals surface area contributed by atoms with E-state index in [9.17, 15) is 4.79 Å². The molecule has 0 bridgehead atoms. The number of amides is 1. The van der Waals surface area contributed by atoms with E-state index in [-0.39, 0.29) is 5.91 Å². The van der Waals surface area contributed by atoms with Gasteiger partial charge in [0.15, 0.2) is 5.13 Å². The topological polar surface area (TPSA) is 68.0 Å². The van der Waals surface area contributed by atoms with E-state index in [0.29, 0.717) is 11.6 Å². The molecule has 1 aromatic heterocycles. The minimum Gasteiger partial charge on any atom is -0.320 e. The van der Waals surface area contributed by atoms with Gasteiger partial charge in [-0.05, 0) is 48.6 Å². The Labute approximate surface area is 149 Å². The molecule has 2 aromatic rings. The van der Waals surface area contributed by atoms with Gasteiger partial charge >= 0.3 is 0 Å². The maximum Gasteiger partial charge on any atom is 0.243 e. The van der Waals surface area contributed by atoms with Crippen molar-refractivity contribution in [2.24, 2.45) is 5.73 Å². The predicted octanol–water partition coefficient (Wildman–Crippen LogP) is 3.71. The minimum atomic E-state index is -0.492.